The van der Waals surface area contributed by atoms with Gasteiger partial charge in [-0.25, -0.2) is 14.4 Å². The van der Waals surface area contributed by atoms with Gasteiger partial charge in [0.2, 0.25) is 0 Å². The van der Waals surface area contributed by atoms with Crippen molar-refractivity contribution in [2.75, 3.05) is 18.0 Å². The van der Waals surface area contributed by atoms with Crippen molar-refractivity contribution < 1.29 is 4.39 Å². The minimum Gasteiger partial charge on any atom is -0.351 e. The van der Waals surface area contributed by atoms with Gasteiger partial charge in [0, 0.05) is 6.20 Å². The van der Waals surface area contributed by atoms with Gasteiger partial charge in [0.05, 0.1) is 13.1 Å². The van der Waals surface area contributed by atoms with E-state index in [1.165, 1.54) is 0 Å². The minimum atomic E-state index is -0.680. The molecule has 1 aliphatic rings. The third kappa shape index (κ3) is 1.24. The summed E-state index contributed by atoms with van der Waals surface area (Å²) in [5, 5.41) is 0. The molecule has 0 atom stereocenters. The first-order valence-electron chi connectivity index (χ1n) is 3.94. The van der Waals surface area contributed by atoms with Crippen LogP contribution >= 0.6 is 0 Å². The zero-order valence-corrected chi connectivity index (χ0v) is 6.87. The Labute approximate surface area is 70.3 Å². The number of hydrogen-bond acceptors (Lipinski definition) is 3. The van der Waals surface area contributed by atoms with Crippen molar-refractivity contribution in [2.24, 2.45) is 0 Å². The molecular formula is C8H10FN3. The fourth-order valence-corrected chi connectivity index (χ4v) is 1.23. The van der Waals surface area contributed by atoms with Crippen LogP contribution in [0.4, 0.5) is 10.2 Å². The second kappa shape index (κ2) is 2.69. The smallest absolute Gasteiger partial charge is 0.135 e. The normalized spacial score (nSPS) is 17.7. The first-order chi connectivity index (χ1) is 5.75. The second-order valence-corrected chi connectivity index (χ2v) is 2.96. The van der Waals surface area contributed by atoms with E-state index in [1.54, 1.807) is 12.3 Å². The molecule has 0 aliphatic carbocycles. The van der Waals surface area contributed by atoms with Crippen LogP contribution in [-0.4, -0.2) is 29.2 Å². The highest BCUT2D eigenvalue weighted by Crippen LogP contribution is 2.19. The van der Waals surface area contributed by atoms with Gasteiger partial charge in [-0.2, -0.15) is 0 Å². The molecule has 0 N–H and O–H groups in total. The summed E-state index contributed by atoms with van der Waals surface area (Å²) in [5.74, 6) is 1.56. The van der Waals surface area contributed by atoms with Crippen molar-refractivity contribution in [1.82, 2.24) is 9.97 Å². The fourth-order valence-electron chi connectivity index (χ4n) is 1.23. The maximum atomic E-state index is 12.5. The lowest BCUT2D eigenvalue weighted by molar-refractivity contribution is 0.273. The highest BCUT2D eigenvalue weighted by Gasteiger charge is 2.26. The Morgan fingerprint density at radius 3 is 2.92 bits per heavy atom. The number of aryl methyl sites for hydroxylation is 1. The van der Waals surface area contributed by atoms with Crippen LogP contribution in [0.1, 0.15) is 5.82 Å². The van der Waals surface area contributed by atoms with Gasteiger partial charge in [0.25, 0.3) is 0 Å². The van der Waals surface area contributed by atoms with Gasteiger partial charge >= 0.3 is 0 Å². The Morgan fingerprint density at radius 1 is 1.58 bits per heavy atom. The standard InChI is InChI=1S/C8H10FN3/c1-6-10-3-2-8(11-6)12-4-7(9)5-12/h2-3,7H,4-5H2,1H3. The SMILES string of the molecule is Cc1nccc(N2CC(F)C2)n1. The maximum Gasteiger partial charge on any atom is 0.135 e. The minimum absolute atomic E-state index is 0.469. The van der Waals surface area contributed by atoms with Crippen LogP contribution in [0.15, 0.2) is 12.3 Å². The van der Waals surface area contributed by atoms with Crippen molar-refractivity contribution in [3.05, 3.63) is 18.1 Å². The lowest BCUT2D eigenvalue weighted by Crippen LogP contribution is -2.48. The summed E-state index contributed by atoms with van der Waals surface area (Å²) in [6.45, 7) is 2.77. The van der Waals surface area contributed by atoms with Gasteiger partial charge in [0.1, 0.15) is 17.8 Å². The lowest BCUT2D eigenvalue weighted by atomic mass is 10.2. The maximum absolute atomic E-state index is 12.5. The van der Waals surface area contributed by atoms with E-state index in [9.17, 15) is 4.39 Å². The Kier molecular flexibility index (Phi) is 1.67. The number of hydrogen-bond donors (Lipinski definition) is 0. The highest BCUT2D eigenvalue weighted by atomic mass is 19.1. The van der Waals surface area contributed by atoms with Crippen LogP contribution < -0.4 is 4.90 Å². The van der Waals surface area contributed by atoms with Crippen molar-refractivity contribution in [3.8, 4) is 0 Å². The van der Waals surface area contributed by atoms with Gasteiger partial charge < -0.3 is 4.90 Å². The van der Waals surface area contributed by atoms with Crippen molar-refractivity contribution >= 4 is 5.82 Å². The number of aromatic nitrogens is 2. The summed E-state index contributed by atoms with van der Waals surface area (Å²) in [6, 6.07) is 1.80. The molecule has 4 heteroatoms. The Morgan fingerprint density at radius 2 is 2.33 bits per heavy atom. The van der Waals surface area contributed by atoms with Crippen molar-refractivity contribution in [1.29, 1.82) is 0 Å². The molecule has 2 heterocycles. The molecule has 0 bridgehead atoms. The average molecular weight is 167 g/mol. The van der Waals surface area contributed by atoms with E-state index in [1.807, 2.05) is 11.8 Å². The van der Waals surface area contributed by atoms with Gasteiger partial charge in [-0.05, 0) is 13.0 Å². The quantitative estimate of drug-likeness (QED) is 0.623. The van der Waals surface area contributed by atoms with E-state index < -0.39 is 6.17 Å². The first kappa shape index (κ1) is 7.46. The van der Waals surface area contributed by atoms with Gasteiger partial charge in [-0.3, -0.25) is 0 Å². The highest BCUT2D eigenvalue weighted by molar-refractivity contribution is 5.41. The first-order valence-corrected chi connectivity index (χ1v) is 3.94. The topological polar surface area (TPSA) is 29.0 Å². The number of nitrogens with zero attached hydrogens (tertiary/aromatic N) is 3. The molecule has 0 unspecified atom stereocenters. The molecule has 0 amide bonds. The summed E-state index contributed by atoms with van der Waals surface area (Å²) < 4.78 is 12.5. The molecule has 1 aromatic heterocycles. The van der Waals surface area contributed by atoms with E-state index in [0.717, 1.165) is 11.6 Å². The molecule has 0 saturated carbocycles. The summed E-state index contributed by atoms with van der Waals surface area (Å²) >= 11 is 0. The monoisotopic (exact) mass is 167 g/mol. The van der Waals surface area contributed by atoms with E-state index in [-0.39, 0.29) is 0 Å². The summed E-state index contributed by atoms with van der Waals surface area (Å²) in [4.78, 5) is 10.0. The molecule has 64 valence electrons. The summed E-state index contributed by atoms with van der Waals surface area (Å²) in [7, 11) is 0. The molecule has 1 aliphatic heterocycles. The van der Waals surface area contributed by atoms with Crippen molar-refractivity contribution in [2.45, 2.75) is 13.1 Å². The van der Waals surface area contributed by atoms with E-state index >= 15 is 0 Å². The molecule has 0 radical (unpaired) electrons. The van der Waals surface area contributed by atoms with Crippen LogP contribution in [-0.2, 0) is 0 Å². The molecule has 1 fully saturated rings. The zero-order chi connectivity index (χ0) is 8.55. The fraction of sp³-hybridized carbons (Fsp3) is 0.500. The molecule has 2 rings (SSSR count). The lowest BCUT2D eigenvalue weighted by Gasteiger charge is -2.35. The molecule has 1 saturated heterocycles. The predicted octanol–water partition coefficient (Wildman–Crippen LogP) is 0.943. The van der Waals surface area contributed by atoms with E-state index in [2.05, 4.69) is 9.97 Å². The summed E-state index contributed by atoms with van der Waals surface area (Å²) in [5.41, 5.74) is 0. The molecular weight excluding hydrogens is 157 g/mol. The van der Waals surface area contributed by atoms with Crippen LogP contribution in [0.2, 0.25) is 0 Å². The number of alkyl halides is 1. The molecule has 3 nitrogen and oxygen atoms in total. The molecule has 1 aromatic rings. The van der Waals surface area contributed by atoms with Crippen LogP contribution in [0, 0.1) is 6.92 Å². The van der Waals surface area contributed by atoms with Crippen LogP contribution in [0.5, 0.6) is 0 Å². The van der Waals surface area contributed by atoms with Crippen LogP contribution in [0.3, 0.4) is 0 Å². The zero-order valence-electron chi connectivity index (χ0n) is 6.87. The molecule has 0 aromatic carbocycles. The third-order valence-corrected chi connectivity index (χ3v) is 1.92. The van der Waals surface area contributed by atoms with E-state index in [0.29, 0.717) is 13.1 Å². The Bertz CT molecular complexity index is 283. The van der Waals surface area contributed by atoms with Gasteiger partial charge in [-0.15, -0.1) is 0 Å². The Balaban J connectivity index is 2.13. The largest absolute Gasteiger partial charge is 0.351 e. The summed E-state index contributed by atoms with van der Waals surface area (Å²) in [6.07, 6.45) is 1.02. The Hall–Kier alpha value is -1.19. The van der Waals surface area contributed by atoms with Gasteiger partial charge in [0.15, 0.2) is 0 Å². The number of rotatable bonds is 1. The van der Waals surface area contributed by atoms with Gasteiger partial charge in [-0.1, -0.05) is 0 Å². The predicted molar refractivity (Wildman–Crippen MR) is 43.9 cm³/mol. The molecule has 0 spiro atoms. The number of halogens is 1. The average Bonchev–Trinajstić information content (AvgIpc) is 1.99. The van der Waals surface area contributed by atoms with Crippen LogP contribution in [0.25, 0.3) is 0 Å². The molecule has 12 heavy (non-hydrogen) atoms. The number of anilines is 1. The third-order valence-electron chi connectivity index (χ3n) is 1.92. The van der Waals surface area contributed by atoms with Crippen molar-refractivity contribution in [3.63, 3.8) is 0 Å². The van der Waals surface area contributed by atoms with E-state index in [4.69, 9.17) is 0 Å². The second-order valence-electron chi connectivity index (χ2n) is 2.96.